The van der Waals surface area contributed by atoms with E-state index in [1.165, 1.54) is 33.3 Å². The summed E-state index contributed by atoms with van der Waals surface area (Å²) in [7, 11) is 0. The summed E-state index contributed by atoms with van der Waals surface area (Å²) in [6.07, 6.45) is 0. The Kier molecular flexibility index (Phi) is 1.73. The molecule has 3 aromatic carbocycles. The fraction of sp³-hybridized carbons (Fsp3) is 0. The smallest absolute Gasteiger partial charge is 0.0710 e. The second-order valence-electron chi connectivity index (χ2n) is 5.25. The summed E-state index contributed by atoms with van der Waals surface area (Å²) < 4.78 is 0. The summed E-state index contributed by atoms with van der Waals surface area (Å²) in [4.78, 5) is 0. The van der Waals surface area contributed by atoms with Gasteiger partial charge in [0.05, 0.1) is 22.8 Å². The van der Waals surface area contributed by atoms with Crippen LogP contribution in [0.3, 0.4) is 0 Å². The Hall–Kier alpha value is -2.74. The van der Waals surface area contributed by atoms with E-state index in [2.05, 4.69) is 71.3 Å². The zero-order valence-electron chi connectivity index (χ0n) is 10.8. The molecule has 1 aliphatic heterocycles. The van der Waals surface area contributed by atoms with Gasteiger partial charge in [-0.15, -0.1) is 0 Å². The predicted octanol–water partition coefficient (Wildman–Crippen LogP) is 4.52. The first-order chi connectivity index (χ1) is 9.92. The van der Waals surface area contributed by atoms with Crippen LogP contribution in [0.2, 0.25) is 0 Å². The molecule has 0 fully saturated rings. The molecular formula is C18H12N2. The third kappa shape index (κ3) is 1.14. The van der Waals surface area contributed by atoms with Gasteiger partial charge >= 0.3 is 0 Å². The molecule has 2 nitrogen and oxygen atoms in total. The van der Waals surface area contributed by atoms with Crippen LogP contribution in [0, 0.1) is 0 Å². The molecule has 2 N–H and O–H groups in total. The van der Waals surface area contributed by atoms with Crippen molar-refractivity contribution >= 4 is 33.5 Å². The first-order valence-electron chi connectivity index (χ1n) is 6.82. The minimum absolute atomic E-state index is 1.14. The van der Waals surface area contributed by atoms with Crippen LogP contribution in [0.15, 0.2) is 60.7 Å². The van der Waals surface area contributed by atoms with Crippen molar-refractivity contribution in [2.45, 2.75) is 0 Å². The maximum atomic E-state index is 3.58. The molecule has 1 heterocycles. The van der Waals surface area contributed by atoms with E-state index in [-0.39, 0.29) is 0 Å². The summed E-state index contributed by atoms with van der Waals surface area (Å²) >= 11 is 0. The van der Waals surface area contributed by atoms with Crippen LogP contribution in [0.25, 0.3) is 22.2 Å². The van der Waals surface area contributed by atoms with E-state index < -0.39 is 0 Å². The molecule has 0 radical (unpaired) electrons. The Balaban J connectivity index is 1.82. The van der Waals surface area contributed by atoms with Gasteiger partial charge in [0, 0.05) is 16.5 Å². The van der Waals surface area contributed by atoms with E-state index in [0.29, 0.717) is 0 Å². The number of anilines is 2. The van der Waals surface area contributed by atoms with Crippen LogP contribution in [-0.4, -0.2) is 0 Å². The van der Waals surface area contributed by atoms with E-state index in [0.717, 1.165) is 11.4 Å². The van der Waals surface area contributed by atoms with Gasteiger partial charge in [-0.05, 0) is 17.5 Å². The molecule has 20 heavy (non-hydrogen) atoms. The SMILES string of the molecule is c1ccc2c(c1)NC1=C(N2)c2cccc3cccc1c23. The van der Waals surface area contributed by atoms with Crippen LogP contribution in [0.5, 0.6) is 0 Å². The molecule has 0 bridgehead atoms. The van der Waals surface area contributed by atoms with Crippen LogP contribution >= 0.6 is 0 Å². The Morgan fingerprint density at radius 1 is 0.550 bits per heavy atom. The summed E-state index contributed by atoms with van der Waals surface area (Å²) in [5.41, 5.74) is 7.23. The van der Waals surface area contributed by atoms with Gasteiger partial charge in [-0.25, -0.2) is 0 Å². The number of fused-ring (bicyclic) bond motifs is 3. The minimum atomic E-state index is 1.14. The summed E-state index contributed by atoms with van der Waals surface area (Å²) in [5.74, 6) is 0. The van der Waals surface area contributed by atoms with Crippen LogP contribution in [0.1, 0.15) is 11.1 Å². The molecule has 94 valence electrons. The summed E-state index contributed by atoms with van der Waals surface area (Å²) in [6, 6.07) is 21.3. The lowest BCUT2D eigenvalue weighted by atomic mass is 10.0. The highest BCUT2D eigenvalue weighted by atomic mass is 15.0. The van der Waals surface area contributed by atoms with Crippen molar-refractivity contribution in [2.24, 2.45) is 0 Å². The Morgan fingerprint density at radius 2 is 1.10 bits per heavy atom. The number of nitrogens with one attached hydrogen (secondary N) is 2. The van der Waals surface area contributed by atoms with E-state index in [1.807, 2.05) is 0 Å². The molecule has 0 amide bonds. The number of hydrogen-bond acceptors (Lipinski definition) is 2. The molecule has 2 heteroatoms. The van der Waals surface area contributed by atoms with Crippen LogP contribution in [0.4, 0.5) is 11.4 Å². The number of hydrogen-bond donors (Lipinski definition) is 2. The minimum Gasteiger partial charge on any atom is -0.352 e. The van der Waals surface area contributed by atoms with Gasteiger partial charge in [-0.3, -0.25) is 0 Å². The van der Waals surface area contributed by atoms with Gasteiger partial charge < -0.3 is 10.6 Å². The van der Waals surface area contributed by atoms with Gasteiger partial charge in [0.1, 0.15) is 0 Å². The second-order valence-corrected chi connectivity index (χ2v) is 5.25. The third-order valence-electron chi connectivity index (χ3n) is 4.14. The lowest BCUT2D eigenvalue weighted by Gasteiger charge is -2.22. The highest BCUT2D eigenvalue weighted by Gasteiger charge is 2.27. The predicted molar refractivity (Wildman–Crippen MR) is 84.4 cm³/mol. The normalized spacial score (nSPS) is 14.6. The van der Waals surface area contributed by atoms with Crippen molar-refractivity contribution in [3.05, 3.63) is 71.8 Å². The molecule has 0 aromatic heterocycles. The monoisotopic (exact) mass is 256 g/mol. The fourth-order valence-corrected chi connectivity index (χ4v) is 3.26. The van der Waals surface area contributed by atoms with Crippen molar-refractivity contribution in [1.29, 1.82) is 0 Å². The van der Waals surface area contributed by atoms with E-state index in [4.69, 9.17) is 0 Å². The second kappa shape index (κ2) is 3.42. The zero-order valence-corrected chi connectivity index (χ0v) is 10.8. The molecule has 2 aliphatic rings. The highest BCUT2D eigenvalue weighted by Crippen LogP contribution is 2.46. The topological polar surface area (TPSA) is 24.1 Å². The number of benzene rings is 3. The fourth-order valence-electron chi connectivity index (χ4n) is 3.26. The first kappa shape index (κ1) is 10.1. The van der Waals surface area contributed by atoms with Crippen molar-refractivity contribution in [1.82, 2.24) is 0 Å². The summed E-state index contributed by atoms with van der Waals surface area (Å²) in [6.45, 7) is 0. The molecule has 3 aromatic rings. The Labute approximate surface area is 116 Å². The highest BCUT2D eigenvalue weighted by molar-refractivity contribution is 6.20. The van der Waals surface area contributed by atoms with Gasteiger partial charge in [0.2, 0.25) is 0 Å². The molecule has 0 saturated carbocycles. The molecule has 0 spiro atoms. The van der Waals surface area contributed by atoms with E-state index in [9.17, 15) is 0 Å². The quantitative estimate of drug-likeness (QED) is 0.618. The Morgan fingerprint density at radius 3 is 1.65 bits per heavy atom. The van der Waals surface area contributed by atoms with Gasteiger partial charge in [0.15, 0.2) is 0 Å². The zero-order chi connectivity index (χ0) is 13.1. The molecule has 5 rings (SSSR count). The van der Waals surface area contributed by atoms with Crippen molar-refractivity contribution in [3.8, 4) is 0 Å². The first-order valence-corrected chi connectivity index (χ1v) is 6.82. The van der Waals surface area contributed by atoms with Gasteiger partial charge in [-0.2, -0.15) is 0 Å². The van der Waals surface area contributed by atoms with Crippen LogP contribution in [-0.2, 0) is 0 Å². The van der Waals surface area contributed by atoms with Gasteiger partial charge in [0.25, 0.3) is 0 Å². The van der Waals surface area contributed by atoms with Crippen molar-refractivity contribution in [2.75, 3.05) is 10.6 Å². The third-order valence-corrected chi connectivity index (χ3v) is 4.14. The maximum absolute atomic E-state index is 3.58. The lowest BCUT2D eigenvalue weighted by Crippen LogP contribution is -2.11. The molecule has 0 atom stereocenters. The lowest BCUT2D eigenvalue weighted by molar-refractivity contribution is 1.49. The summed E-state index contributed by atoms with van der Waals surface area (Å²) in [5, 5.41) is 9.80. The Bertz CT molecular complexity index is 836. The number of rotatable bonds is 0. The molecular weight excluding hydrogens is 244 g/mol. The van der Waals surface area contributed by atoms with Crippen molar-refractivity contribution in [3.63, 3.8) is 0 Å². The molecule has 1 aliphatic carbocycles. The van der Waals surface area contributed by atoms with Gasteiger partial charge in [-0.1, -0.05) is 48.5 Å². The number of para-hydroxylation sites is 2. The molecule has 0 unspecified atom stereocenters. The average Bonchev–Trinajstić information content (AvgIpc) is 2.82. The molecule has 0 saturated heterocycles. The maximum Gasteiger partial charge on any atom is 0.0710 e. The van der Waals surface area contributed by atoms with E-state index >= 15 is 0 Å². The average molecular weight is 256 g/mol. The van der Waals surface area contributed by atoms with Crippen molar-refractivity contribution < 1.29 is 0 Å². The standard InChI is InChI=1S/C18H12N2/c1-2-10-15-14(9-1)19-17-12-7-3-5-11-6-4-8-13(16(11)12)18(17)20-15/h1-10,19-20H. The van der Waals surface area contributed by atoms with E-state index in [1.54, 1.807) is 0 Å². The largest absolute Gasteiger partial charge is 0.352 e. The van der Waals surface area contributed by atoms with Crippen LogP contribution < -0.4 is 10.6 Å².